The zero-order valence-electron chi connectivity index (χ0n) is 15.1. The first-order valence-corrected chi connectivity index (χ1v) is 8.53. The van der Waals surface area contributed by atoms with Crippen molar-refractivity contribution >= 4 is 17.1 Å². The maximum Gasteiger partial charge on any atom is 0.119 e. The van der Waals surface area contributed by atoms with Gasteiger partial charge in [0, 0.05) is 23.7 Å². The van der Waals surface area contributed by atoms with E-state index >= 15 is 0 Å². The van der Waals surface area contributed by atoms with Crippen LogP contribution < -0.4 is 14.4 Å². The molecule has 4 nitrogen and oxygen atoms in total. The Morgan fingerprint density at radius 2 is 1.27 bits per heavy atom. The molecule has 3 aromatic carbocycles. The summed E-state index contributed by atoms with van der Waals surface area (Å²) < 4.78 is 10.6. The highest BCUT2D eigenvalue weighted by atomic mass is 16.5. The van der Waals surface area contributed by atoms with Gasteiger partial charge in [-0.25, -0.2) is 0 Å². The SMILES string of the molecule is COc1ccc(N(c2ccc(OC)cc2)c2cccc(CCO)c2)cc1. The molecule has 0 heterocycles. The van der Waals surface area contributed by atoms with Crippen molar-refractivity contribution in [1.82, 2.24) is 0 Å². The smallest absolute Gasteiger partial charge is 0.119 e. The number of ether oxygens (including phenoxy) is 2. The van der Waals surface area contributed by atoms with Crippen molar-refractivity contribution in [3.05, 3.63) is 78.4 Å². The zero-order valence-corrected chi connectivity index (χ0v) is 15.1. The second-order valence-electron chi connectivity index (χ2n) is 5.87. The summed E-state index contributed by atoms with van der Waals surface area (Å²) in [6, 6.07) is 24.1. The largest absolute Gasteiger partial charge is 0.497 e. The van der Waals surface area contributed by atoms with Crippen LogP contribution in [0.1, 0.15) is 5.56 Å². The van der Waals surface area contributed by atoms with E-state index in [-0.39, 0.29) is 6.61 Å². The van der Waals surface area contributed by atoms with Gasteiger partial charge in [-0.1, -0.05) is 12.1 Å². The molecule has 0 saturated heterocycles. The number of anilines is 3. The Morgan fingerprint density at radius 3 is 1.73 bits per heavy atom. The average molecular weight is 349 g/mol. The van der Waals surface area contributed by atoms with Crippen LogP contribution in [-0.4, -0.2) is 25.9 Å². The molecule has 0 aliphatic heterocycles. The fraction of sp³-hybridized carbons (Fsp3) is 0.182. The van der Waals surface area contributed by atoms with E-state index in [1.807, 2.05) is 60.7 Å². The van der Waals surface area contributed by atoms with Crippen LogP contribution in [0.4, 0.5) is 17.1 Å². The third-order valence-electron chi connectivity index (χ3n) is 4.23. The number of nitrogens with zero attached hydrogens (tertiary/aromatic N) is 1. The number of benzene rings is 3. The van der Waals surface area contributed by atoms with E-state index in [9.17, 15) is 5.11 Å². The van der Waals surface area contributed by atoms with Gasteiger partial charge in [-0.3, -0.25) is 0 Å². The van der Waals surface area contributed by atoms with Crippen LogP contribution in [0.5, 0.6) is 11.5 Å². The van der Waals surface area contributed by atoms with Crippen molar-refractivity contribution < 1.29 is 14.6 Å². The fourth-order valence-electron chi connectivity index (χ4n) is 2.89. The summed E-state index contributed by atoms with van der Waals surface area (Å²) in [7, 11) is 3.32. The minimum atomic E-state index is 0.133. The molecule has 134 valence electrons. The van der Waals surface area contributed by atoms with E-state index in [0.717, 1.165) is 34.1 Å². The molecule has 1 N–H and O–H groups in total. The Labute approximate surface area is 154 Å². The Kier molecular flexibility index (Phi) is 5.77. The monoisotopic (exact) mass is 349 g/mol. The molecule has 0 amide bonds. The van der Waals surface area contributed by atoms with Crippen LogP contribution >= 0.6 is 0 Å². The van der Waals surface area contributed by atoms with Gasteiger partial charge in [-0.2, -0.15) is 0 Å². The quantitative estimate of drug-likeness (QED) is 0.671. The average Bonchev–Trinajstić information content (AvgIpc) is 2.70. The van der Waals surface area contributed by atoms with Gasteiger partial charge in [0.15, 0.2) is 0 Å². The van der Waals surface area contributed by atoms with Crippen LogP contribution in [0.2, 0.25) is 0 Å². The summed E-state index contributed by atoms with van der Waals surface area (Å²) >= 11 is 0. The van der Waals surface area contributed by atoms with Crippen molar-refractivity contribution in [2.45, 2.75) is 6.42 Å². The molecule has 0 bridgehead atoms. The number of aliphatic hydroxyl groups is 1. The van der Waals surface area contributed by atoms with Gasteiger partial charge < -0.3 is 19.5 Å². The lowest BCUT2D eigenvalue weighted by atomic mass is 10.1. The highest BCUT2D eigenvalue weighted by Crippen LogP contribution is 2.36. The molecule has 26 heavy (non-hydrogen) atoms. The lowest BCUT2D eigenvalue weighted by Gasteiger charge is -2.26. The first kappa shape index (κ1) is 17.8. The summed E-state index contributed by atoms with van der Waals surface area (Å²) in [4.78, 5) is 2.17. The maximum atomic E-state index is 9.26. The second-order valence-corrected chi connectivity index (χ2v) is 5.87. The lowest BCUT2D eigenvalue weighted by molar-refractivity contribution is 0.299. The van der Waals surface area contributed by atoms with E-state index < -0.39 is 0 Å². The molecule has 0 fully saturated rings. The first-order chi connectivity index (χ1) is 12.7. The van der Waals surface area contributed by atoms with Crippen LogP contribution in [0, 0.1) is 0 Å². The Morgan fingerprint density at radius 1 is 0.731 bits per heavy atom. The fourth-order valence-corrected chi connectivity index (χ4v) is 2.89. The van der Waals surface area contributed by atoms with Gasteiger partial charge in [-0.15, -0.1) is 0 Å². The Bertz CT molecular complexity index is 781. The molecular formula is C22H23NO3. The molecule has 0 aromatic heterocycles. The van der Waals surface area contributed by atoms with Crippen molar-refractivity contribution in [1.29, 1.82) is 0 Å². The van der Waals surface area contributed by atoms with Crippen molar-refractivity contribution in [3.63, 3.8) is 0 Å². The predicted molar refractivity (Wildman–Crippen MR) is 105 cm³/mol. The van der Waals surface area contributed by atoms with Crippen molar-refractivity contribution in [3.8, 4) is 11.5 Å². The van der Waals surface area contributed by atoms with E-state index in [1.165, 1.54) is 0 Å². The maximum absolute atomic E-state index is 9.26. The van der Waals surface area contributed by atoms with Gasteiger partial charge in [-0.05, 0) is 72.6 Å². The number of hydrogen-bond acceptors (Lipinski definition) is 4. The highest BCUT2D eigenvalue weighted by molar-refractivity contribution is 5.77. The zero-order chi connectivity index (χ0) is 18.4. The van der Waals surface area contributed by atoms with Crippen LogP contribution in [0.25, 0.3) is 0 Å². The number of aliphatic hydroxyl groups excluding tert-OH is 1. The molecule has 0 aliphatic carbocycles. The van der Waals surface area contributed by atoms with Gasteiger partial charge in [0.2, 0.25) is 0 Å². The molecule has 3 rings (SSSR count). The topological polar surface area (TPSA) is 41.9 Å². The normalized spacial score (nSPS) is 10.4. The first-order valence-electron chi connectivity index (χ1n) is 8.53. The van der Waals surface area contributed by atoms with Crippen LogP contribution in [0.15, 0.2) is 72.8 Å². The van der Waals surface area contributed by atoms with Gasteiger partial charge in [0.25, 0.3) is 0 Å². The van der Waals surface area contributed by atoms with Gasteiger partial charge in [0.05, 0.1) is 14.2 Å². The van der Waals surface area contributed by atoms with Crippen LogP contribution in [-0.2, 0) is 6.42 Å². The molecule has 0 radical (unpaired) electrons. The highest BCUT2D eigenvalue weighted by Gasteiger charge is 2.13. The minimum Gasteiger partial charge on any atom is -0.497 e. The number of methoxy groups -OCH3 is 2. The standard InChI is InChI=1S/C22H23NO3/c1-25-21-10-6-18(7-11-21)23(19-8-12-22(26-2)13-9-19)20-5-3-4-17(16-20)14-15-24/h3-13,16,24H,14-15H2,1-2H3. The third kappa shape index (κ3) is 3.98. The molecule has 0 aliphatic rings. The number of hydrogen-bond donors (Lipinski definition) is 1. The van der Waals surface area contributed by atoms with E-state index in [4.69, 9.17) is 9.47 Å². The summed E-state index contributed by atoms with van der Waals surface area (Å²) in [6.07, 6.45) is 0.632. The van der Waals surface area contributed by atoms with E-state index in [2.05, 4.69) is 17.0 Å². The van der Waals surface area contributed by atoms with E-state index in [1.54, 1.807) is 14.2 Å². The molecule has 0 unspecified atom stereocenters. The van der Waals surface area contributed by atoms with Crippen molar-refractivity contribution in [2.75, 3.05) is 25.7 Å². The Balaban J connectivity index is 2.06. The van der Waals surface area contributed by atoms with Gasteiger partial charge >= 0.3 is 0 Å². The summed E-state index contributed by atoms with van der Waals surface area (Å²) in [5.74, 6) is 1.63. The van der Waals surface area contributed by atoms with Crippen LogP contribution in [0.3, 0.4) is 0 Å². The summed E-state index contributed by atoms with van der Waals surface area (Å²) in [5, 5.41) is 9.26. The molecule has 0 saturated carbocycles. The Hall–Kier alpha value is -2.98. The molecular weight excluding hydrogens is 326 g/mol. The minimum absolute atomic E-state index is 0.133. The third-order valence-corrected chi connectivity index (χ3v) is 4.23. The molecule has 4 heteroatoms. The summed E-state index contributed by atoms with van der Waals surface area (Å²) in [5.41, 5.74) is 4.18. The van der Waals surface area contributed by atoms with E-state index in [0.29, 0.717) is 6.42 Å². The molecule has 0 atom stereocenters. The molecule has 0 spiro atoms. The second kappa shape index (κ2) is 8.41. The predicted octanol–water partition coefficient (Wildman–Crippen LogP) is 4.71. The summed E-state index contributed by atoms with van der Waals surface area (Å²) in [6.45, 7) is 0.133. The van der Waals surface area contributed by atoms with Gasteiger partial charge in [0.1, 0.15) is 11.5 Å². The number of rotatable bonds is 7. The molecule has 3 aromatic rings. The lowest BCUT2D eigenvalue weighted by Crippen LogP contribution is -2.10. The van der Waals surface area contributed by atoms with Crippen molar-refractivity contribution in [2.24, 2.45) is 0 Å².